The Morgan fingerprint density at radius 3 is 2.85 bits per heavy atom. The number of aromatic nitrogens is 2. The molecule has 1 aromatic rings. The zero-order valence-corrected chi connectivity index (χ0v) is 12.1. The summed E-state index contributed by atoms with van der Waals surface area (Å²) in [5.41, 5.74) is 1.07. The standard InChI is InChI=1S/C14H22N4O2/c1-9-12(15-2)16-13(10-3-4-10)17-14(9)18-5-6-20-11(7-18)8-19/h10-11,19H,3-8H2,1-2H3,(H,15,16,17). The first-order chi connectivity index (χ1) is 9.72. The summed E-state index contributed by atoms with van der Waals surface area (Å²) in [5.74, 6) is 3.36. The second kappa shape index (κ2) is 5.54. The van der Waals surface area contributed by atoms with Crippen LogP contribution >= 0.6 is 0 Å². The molecule has 2 N–H and O–H groups in total. The number of nitrogens with one attached hydrogen (secondary N) is 1. The predicted octanol–water partition coefficient (Wildman–Crippen LogP) is 0.902. The van der Waals surface area contributed by atoms with E-state index in [2.05, 4.69) is 15.2 Å². The quantitative estimate of drug-likeness (QED) is 0.853. The van der Waals surface area contributed by atoms with E-state index in [4.69, 9.17) is 9.72 Å². The van der Waals surface area contributed by atoms with Gasteiger partial charge in [0.1, 0.15) is 17.5 Å². The smallest absolute Gasteiger partial charge is 0.137 e. The van der Waals surface area contributed by atoms with Gasteiger partial charge < -0.3 is 20.1 Å². The van der Waals surface area contributed by atoms with Crippen LogP contribution in [0.5, 0.6) is 0 Å². The number of nitrogens with zero attached hydrogens (tertiary/aromatic N) is 3. The minimum absolute atomic E-state index is 0.0506. The van der Waals surface area contributed by atoms with Gasteiger partial charge in [0, 0.05) is 31.6 Å². The van der Waals surface area contributed by atoms with Gasteiger partial charge in [-0.15, -0.1) is 0 Å². The van der Waals surface area contributed by atoms with E-state index in [-0.39, 0.29) is 12.7 Å². The van der Waals surface area contributed by atoms with Gasteiger partial charge in [0.2, 0.25) is 0 Å². The second-order valence-electron chi connectivity index (χ2n) is 5.52. The predicted molar refractivity (Wildman–Crippen MR) is 77.3 cm³/mol. The Balaban J connectivity index is 1.92. The highest BCUT2D eigenvalue weighted by Crippen LogP contribution is 2.40. The van der Waals surface area contributed by atoms with Crippen LogP contribution in [0.1, 0.15) is 30.1 Å². The Kier molecular flexibility index (Phi) is 3.76. The van der Waals surface area contributed by atoms with Gasteiger partial charge in [0.15, 0.2) is 0 Å². The molecule has 110 valence electrons. The second-order valence-corrected chi connectivity index (χ2v) is 5.52. The van der Waals surface area contributed by atoms with Gasteiger partial charge in [-0.25, -0.2) is 9.97 Å². The molecule has 1 aromatic heterocycles. The number of aliphatic hydroxyl groups excluding tert-OH is 1. The SMILES string of the molecule is CNc1nc(C2CC2)nc(N2CCOC(CO)C2)c1C. The van der Waals surface area contributed by atoms with Gasteiger partial charge in [-0.05, 0) is 19.8 Å². The van der Waals surface area contributed by atoms with E-state index < -0.39 is 0 Å². The van der Waals surface area contributed by atoms with Crippen molar-refractivity contribution in [3.63, 3.8) is 0 Å². The van der Waals surface area contributed by atoms with Gasteiger partial charge >= 0.3 is 0 Å². The number of morpholine rings is 1. The Hall–Kier alpha value is -1.40. The molecular formula is C14H22N4O2. The number of aliphatic hydroxyl groups is 1. The number of hydrogen-bond donors (Lipinski definition) is 2. The highest BCUT2D eigenvalue weighted by molar-refractivity contribution is 5.59. The fraction of sp³-hybridized carbons (Fsp3) is 0.714. The van der Waals surface area contributed by atoms with Gasteiger partial charge in [0.25, 0.3) is 0 Å². The lowest BCUT2D eigenvalue weighted by Crippen LogP contribution is -2.45. The highest BCUT2D eigenvalue weighted by atomic mass is 16.5. The van der Waals surface area contributed by atoms with Crippen LogP contribution in [0.3, 0.4) is 0 Å². The highest BCUT2D eigenvalue weighted by Gasteiger charge is 2.30. The van der Waals surface area contributed by atoms with Crippen molar-refractivity contribution in [2.45, 2.75) is 31.8 Å². The third kappa shape index (κ3) is 2.58. The minimum atomic E-state index is -0.125. The van der Waals surface area contributed by atoms with Gasteiger partial charge in [-0.2, -0.15) is 0 Å². The van der Waals surface area contributed by atoms with Crippen LogP contribution in [0.15, 0.2) is 0 Å². The molecule has 3 rings (SSSR count). The van der Waals surface area contributed by atoms with Crippen LogP contribution in [-0.4, -0.2) is 54.5 Å². The first-order valence-corrected chi connectivity index (χ1v) is 7.26. The molecule has 1 aliphatic carbocycles. The molecule has 2 heterocycles. The molecule has 1 atom stereocenters. The summed E-state index contributed by atoms with van der Waals surface area (Å²) >= 11 is 0. The summed E-state index contributed by atoms with van der Waals surface area (Å²) in [6.45, 7) is 4.21. The van der Waals surface area contributed by atoms with E-state index in [1.807, 2.05) is 14.0 Å². The number of anilines is 2. The molecule has 0 aromatic carbocycles. The van der Waals surface area contributed by atoms with Crippen molar-refractivity contribution in [1.82, 2.24) is 9.97 Å². The summed E-state index contributed by atoms with van der Waals surface area (Å²) in [6, 6.07) is 0. The number of ether oxygens (including phenoxy) is 1. The topological polar surface area (TPSA) is 70.5 Å². The largest absolute Gasteiger partial charge is 0.394 e. The molecule has 2 aliphatic rings. The van der Waals surface area contributed by atoms with E-state index in [1.165, 1.54) is 12.8 Å². The molecular weight excluding hydrogens is 256 g/mol. The molecule has 1 unspecified atom stereocenters. The third-order valence-electron chi connectivity index (χ3n) is 3.96. The van der Waals surface area contributed by atoms with Crippen LogP contribution in [0.2, 0.25) is 0 Å². The first-order valence-electron chi connectivity index (χ1n) is 7.26. The maximum atomic E-state index is 9.28. The van der Waals surface area contributed by atoms with E-state index >= 15 is 0 Å². The zero-order valence-electron chi connectivity index (χ0n) is 12.1. The van der Waals surface area contributed by atoms with Crippen molar-refractivity contribution >= 4 is 11.6 Å². The van der Waals surface area contributed by atoms with Crippen molar-refractivity contribution in [3.8, 4) is 0 Å². The molecule has 0 amide bonds. The fourth-order valence-electron chi connectivity index (χ4n) is 2.62. The normalized spacial score (nSPS) is 22.9. The van der Waals surface area contributed by atoms with E-state index in [9.17, 15) is 5.11 Å². The summed E-state index contributed by atoms with van der Waals surface area (Å²) in [5, 5.41) is 12.4. The summed E-state index contributed by atoms with van der Waals surface area (Å²) < 4.78 is 5.51. The van der Waals surface area contributed by atoms with Gasteiger partial charge in [-0.1, -0.05) is 0 Å². The number of rotatable bonds is 4. The molecule has 6 nitrogen and oxygen atoms in total. The molecule has 0 bridgehead atoms. The van der Waals surface area contributed by atoms with Crippen LogP contribution in [0.25, 0.3) is 0 Å². The maximum absolute atomic E-state index is 9.28. The van der Waals surface area contributed by atoms with E-state index in [1.54, 1.807) is 0 Å². The third-order valence-corrected chi connectivity index (χ3v) is 3.96. The number of hydrogen-bond acceptors (Lipinski definition) is 6. The summed E-state index contributed by atoms with van der Waals surface area (Å²) in [7, 11) is 1.89. The average molecular weight is 278 g/mol. The van der Waals surface area contributed by atoms with Crippen LogP contribution in [-0.2, 0) is 4.74 Å². The van der Waals surface area contributed by atoms with Gasteiger partial charge in [0.05, 0.1) is 19.3 Å². The average Bonchev–Trinajstić information content (AvgIpc) is 3.32. The molecule has 6 heteroatoms. The molecule has 2 fully saturated rings. The van der Waals surface area contributed by atoms with Crippen molar-refractivity contribution in [3.05, 3.63) is 11.4 Å². The van der Waals surface area contributed by atoms with E-state index in [0.717, 1.165) is 29.6 Å². The molecule has 1 saturated carbocycles. The fourth-order valence-corrected chi connectivity index (χ4v) is 2.62. The van der Waals surface area contributed by atoms with Gasteiger partial charge in [-0.3, -0.25) is 0 Å². The van der Waals surface area contributed by atoms with E-state index in [0.29, 0.717) is 19.1 Å². The Bertz CT molecular complexity index is 490. The molecule has 0 radical (unpaired) electrons. The van der Waals surface area contributed by atoms with Crippen LogP contribution in [0.4, 0.5) is 11.6 Å². The Labute approximate surface area is 119 Å². The monoisotopic (exact) mass is 278 g/mol. The van der Waals surface area contributed by atoms with Crippen molar-refractivity contribution in [2.24, 2.45) is 0 Å². The van der Waals surface area contributed by atoms with Crippen molar-refractivity contribution in [1.29, 1.82) is 0 Å². The van der Waals surface area contributed by atoms with Crippen molar-refractivity contribution in [2.75, 3.05) is 43.6 Å². The molecule has 1 aliphatic heterocycles. The molecule has 0 spiro atoms. The Morgan fingerprint density at radius 1 is 1.40 bits per heavy atom. The zero-order chi connectivity index (χ0) is 14.1. The lowest BCUT2D eigenvalue weighted by Gasteiger charge is -2.34. The van der Waals surface area contributed by atoms with Crippen LogP contribution < -0.4 is 10.2 Å². The first kappa shape index (κ1) is 13.6. The lowest BCUT2D eigenvalue weighted by atomic mass is 10.2. The maximum Gasteiger partial charge on any atom is 0.137 e. The summed E-state index contributed by atoms with van der Waals surface area (Å²) in [4.78, 5) is 11.6. The van der Waals surface area contributed by atoms with Crippen molar-refractivity contribution < 1.29 is 9.84 Å². The summed E-state index contributed by atoms with van der Waals surface area (Å²) in [6.07, 6.45) is 2.25. The lowest BCUT2D eigenvalue weighted by molar-refractivity contribution is 0.00332. The minimum Gasteiger partial charge on any atom is -0.394 e. The molecule has 20 heavy (non-hydrogen) atoms. The Morgan fingerprint density at radius 2 is 2.20 bits per heavy atom. The molecule has 1 saturated heterocycles. The van der Waals surface area contributed by atoms with Crippen LogP contribution in [0, 0.1) is 6.92 Å².